The van der Waals surface area contributed by atoms with Crippen LogP contribution in [0.15, 0.2) is 35.4 Å². The zero-order chi connectivity index (χ0) is 18.3. The van der Waals surface area contributed by atoms with E-state index < -0.39 is 0 Å². The molecule has 1 N–H and O–H groups in total. The Labute approximate surface area is 152 Å². The molecule has 0 unspecified atom stereocenters. The summed E-state index contributed by atoms with van der Waals surface area (Å²) >= 11 is 0. The smallest absolute Gasteiger partial charge is 0.278 e. The summed E-state index contributed by atoms with van der Waals surface area (Å²) < 4.78 is 1.40. The van der Waals surface area contributed by atoms with Gasteiger partial charge in [0.25, 0.3) is 11.3 Å². The summed E-state index contributed by atoms with van der Waals surface area (Å²) in [4.78, 5) is 26.3. The molecule has 0 spiro atoms. The summed E-state index contributed by atoms with van der Waals surface area (Å²) in [7, 11) is 2.16. The highest BCUT2D eigenvalue weighted by Crippen LogP contribution is 2.27. The van der Waals surface area contributed by atoms with Gasteiger partial charge in [0.1, 0.15) is 6.33 Å². The standard InChI is InChI=1S/C19H24N6O/c1-13(2)16-17(22-19-20-12-21-25(19)18(16)26)14-4-6-15(7-5-14)24-10-8-23(3)9-11-24/h4-7,12-13H,8-11H2,1-3H3,(H,20,21,22). The average molecular weight is 352 g/mol. The summed E-state index contributed by atoms with van der Waals surface area (Å²) in [6.07, 6.45) is 1.49. The largest absolute Gasteiger partial charge is 0.369 e. The van der Waals surface area contributed by atoms with Gasteiger partial charge in [-0.2, -0.15) is 4.52 Å². The fourth-order valence-corrected chi connectivity index (χ4v) is 3.51. The zero-order valence-corrected chi connectivity index (χ0v) is 15.4. The third-order valence-corrected chi connectivity index (χ3v) is 5.05. The molecule has 0 radical (unpaired) electrons. The molecule has 7 nitrogen and oxygen atoms in total. The number of nitrogens with zero attached hydrogens (tertiary/aromatic N) is 5. The van der Waals surface area contributed by atoms with Crippen molar-refractivity contribution in [2.45, 2.75) is 19.8 Å². The van der Waals surface area contributed by atoms with Crippen LogP contribution < -0.4 is 10.5 Å². The van der Waals surface area contributed by atoms with Crippen LogP contribution in [0.5, 0.6) is 0 Å². The number of hydrogen-bond donors (Lipinski definition) is 1. The Kier molecular flexibility index (Phi) is 4.24. The van der Waals surface area contributed by atoms with Gasteiger partial charge < -0.3 is 9.80 Å². The van der Waals surface area contributed by atoms with Crippen LogP contribution >= 0.6 is 0 Å². The first-order chi connectivity index (χ1) is 12.5. The lowest BCUT2D eigenvalue weighted by molar-refractivity contribution is 0.313. The average Bonchev–Trinajstić information content (AvgIpc) is 3.11. The van der Waals surface area contributed by atoms with Crippen LogP contribution in [0.2, 0.25) is 0 Å². The molecule has 1 aliphatic rings. The monoisotopic (exact) mass is 352 g/mol. The second-order valence-corrected chi connectivity index (χ2v) is 7.19. The molecule has 0 saturated carbocycles. The molecule has 1 saturated heterocycles. The first-order valence-electron chi connectivity index (χ1n) is 9.04. The van der Waals surface area contributed by atoms with Crippen molar-refractivity contribution in [3.8, 4) is 11.3 Å². The van der Waals surface area contributed by atoms with Crippen molar-refractivity contribution in [2.24, 2.45) is 0 Å². The van der Waals surface area contributed by atoms with E-state index in [0.29, 0.717) is 11.3 Å². The van der Waals surface area contributed by atoms with E-state index in [1.54, 1.807) is 0 Å². The maximum atomic E-state index is 12.8. The van der Waals surface area contributed by atoms with Crippen LogP contribution in [-0.4, -0.2) is 57.7 Å². The molecule has 1 fully saturated rings. The van der Waals surface area contributed by atoms with Gasteiger partial charge in [-0.3, -0.25) is 9.89 Å². The fourth-order valence-electron chi connectivity index (χ4n) is 3.51. The highest BCUT2D eigenvalue weighted by Gasteiger charge is 2.19. The van der Waals surface area contributed by atoms with E-state index in [9.17, 15) is 4.79 Å². The zero-order valence-electron chi connectivity index (χ0n) is 15.4. The molecule has 3 heterocycles. The van der Waals surface area contributed by atoms with Crippen molar-refractivity contribution in [1.29, 1.82) is 0 Å². The molecule has 2 aromatic heterocycles. The molecular formula is C19H24N6O. The molecule has 0 aliphatic carbocycles. The van der Waals surface area contributed by atoms with Crippen LogP contribution in [0.1, 0.15) is 25.3 Å². The highest BCUT2D eigenvalue weighted by molar-refractivity contribution is 5.67. The SMILES string of the molecule is CC(C)c1c(-c2ccc(N3CCN(C)CC3)cc2)nc2nc[nH]n2c1=O. The van der Waals surface area contributed by atoms with Crippen molar-refractivity contribution < 1.29 is 0 Å². The number of anilines is 1. The van der Waals surface area contributed by atoms with E-state index in [1.165, 1.54) is 16.5 Å². The minimum absolute atomic E-state index is 0.0718. The number of aromatic nitrogens is 4. The normalized spacial score (nSPS) is 15.9. The Balaban J connectivity index is 1.73. The third kappa shape index (κ3) is 2.88. The predicted octanol–water partition coefficient (Wildman–Crippen LogP) is 1.96. The minimum Gasteiger partial charge on any atom is -0.369 e. The van der Waals surface area contributed by atoms with E-state index in [-0.39, 0.29) is 11.5 Å². The maximum Gasteiger partial charge on any atom is 0.278 e. The second kappa shape index (κ2) is 6.57. The topological polar surface area (TPSA) is 69.5 Å². The van der Waals surface area contributed by atoms with Crippen molar-refractivity contribution in [2.75, 3.05) is 38.1 Å². The highest BCUT2D eigenvalue weighted by atomic mass is 16.1. The van der Waals surface area contributed by atoms with Crippen LogP contribution in [-0.2, 0) is 0 Å². The fraction of sp³-hybridized carbons (Fsp3) is 0.421. The van der Waals surface area contributed by atoms with Gasteiger partial charge in [0, 0.05) is 43.0 Å². The predicted molar refractivity (Wildman–Crippen MR) is 103 cm³/mol. The van der Waals surface area contributed by atoms with Gasteiger partial charge in [-0.15, -0.1) is 0 Å². The summed E-state index contributed by atoms with van der Waals surface area (Å²) in [5, 5.41) is 2.84. The maximum absolute atomic E-state index is 12.8. The van der Waals surface area contributed by atoms with Gasteiger partial charge in [0.2, 0.25) is 0 Å². The lowest BCUT2D eigenvalue weighted by Crippen LogP contribution is -2.44. The Hall–Kier alpha value is -2.67. The number of benzene rings is 1. The Bertz CT molecular complexity index is 964. The first-order valence-corrected chi connectivity index (χ1v) is 9.04. The van der Waals surface area contributed by atoms with E-state index in [2.05, 4.69) is 56.2 Å². The molecule has 0 bridgehead atoms. The van der Waals surface area contributed by atoms with Crippen LogP contribution in [0.4, 0.5) is 5.69 Å². The molecule has 0 atom stereocenters. The minimum atomic E-state index is -0.0827. The Morgan fingerprint density at radius 1 is 1.08 bits per heavy atom. The number of fused-ring (bicyclic) bond motifs is 1. The number of nitrogens with one attached hydrogen (secondary N) is 1. The van der Waals surface area contributed by atoms with E-state index in [0.717, 1.165) is 37.4 Å². The van der Waals surface area contributed by atoms with Crippen molar-refractivity contribution in [3.63, 3.8) is 0 Å². The Morgan fingerprint density at radius 3 is 2.42 bits per heavy atom. The van der Waals surface area contributed by atoms with Crippen LogP contribution in [0.3, 0.4) is 0 Å². The van der Waals surface area contributed by atoms with Gasteiger partial charge in [-0.05, 0) is 25.1 Å². The summed E-state index contributed by atoms with van der Waals surface area (Å²) in [5.41, 5.74) is 3.52. The van der Waals surface area contributed by atoms with Crippen molar-refractivity contribution in [1.82, 2.24) is 24.5 Å². The van der Waals surface area contributed by atoms with E-state index >= 15 is 0 Å². The molecular weight excluding hydrogens is 328 g/mol. The van der Waals surface area contributed by atoms with Gasteiger partial charge in [-0.1, -0.05) is 26.0 Å². The molecule has 26 heavy (non-hydrogen) atoms. The van der Waals surface area contributed by atoms with Crippen LogP contribution in [0, 0.1) is 0 Å². The molecule has 136 valence electrons. The quantitative estimate of drug-likeness (QED) is 0.780. The lowest BCUT2D eigenvalue weighted by atomic mass is 9.98. The molecule has 4 rings (SSSR count). The number of piperazine rings is 1. The van der Waals surface area contributed by atoms with Gasteiger partial charge in [-0.25, -0.2) is 9.97 Å². The number of H-pyrrole nitrogens is 1. The Morgan fingerprint density at radius 2 is 1.77 bits per heavy atom. The summed E-state index contributed by atoms with van der Waals surface area (Å²) in [5.74, 6) is 0.472. The molecule has 7 heteroatoms. The number of likely N-dealkylation sites (N-methyl/N-ethyl adjacent to an activating group) is 1. The molecule has 1 aliphatic heterocycles. The second-order valence-electron chi connectivity index (χ2n) is 7.19. The van der Waals surface area contributed by atoms with Crippen molar-refractivity contribution >= 4 is 11.5 Å². The first kappa shape index (κ1) is 16.8. The van der Waals surface area contributed by atoms with Gasteiger partial charge in [0.15, 0.2) is 0 Å². The molecule has 3 aromatic rings. The number of rotatable bonds is 3. The lowest BCUT2D eigenvalue weighted by Gasteiger charge is -2.34. The van der Waals surface area contributed by atoms with E-state index in [1.807, 2.05) is 13.8 Å². The van der Waals surface area contributed by atoms with Gasteiger partial charge in [0.05, 0.1) is 5.69 Å². The van der Waals surface area contributed by atoms with Crippen LogP contribution in [0.25, 0.3) is 17.0 Å². The molecule has 0 amide bonds. The third-order valence-electron chi connectivity index (χ3n) is 5.05. The van der Waals surface area contributed by atoms with Gasteiger partial charge >= 0.3 is 0 Å². The number of hydrogen-bond acceptors (Lipinski definition) is 5. The van der Waals surface area contributed by atoms with Crippen molar-refractivity contribution in [3.05, 3.63) is 46.5 Å². The van der Waals surface area contributed by atoms with E-state index in [4.69, 9.17) is 0 Å². The summed E-state index contributed by atoms with van der Waals surface area (Å²) in [6, 6.07) is 8.37. The molecule has 1 aromatic carbocycles. The summed E-state index contributed by atoms with van der Waals surface area (Å²) in [6.45, 7) is 8.26. The number of aromatic amines is 1.